The molecule has 2 nitrogen and oxygen atoms in total. The SMILES string of the molecule is COc1c(CO)cccc1C1CC1. The zero-order valence-corrected chi connectivity index (χ0v) is 7.79. The van der Waals surface area contributed by atoms with Crippen LogP contribution in [0.15, 0.2) is 18.2 Å². The molecule has 0 spiro atoms. The van der Waals surface area contributed by atoms with Gasteiger partial charge in [-0.15, -0.1) is 0 Å². The maximum absolute atomic E-state index is 9.10. The van der Waals surface area contributed by atoms with E-state index >= 15 is 0 Å². The zero-order valence-electron chi connectivity index (χ0n) is 7.79. The molecule has 0 unspecified atom stereocenters. The number of hydrogen-bond donors (Lipinski definition) is 1. The fourth-order valence-corrected chi connectivity index (χ4v) is 1.69. The van der Waals surface area contributed by atoms with Crippen molar-refractivity contribution in [3.05, 3.63) is 29.3 Å². The molecule has 0 heterocycles. The van der Waals surface area contributed by atoms with E-state index in [2.05, 4.69) is 6.07 Å². The summed E-state index contributed by atoms with van der Waals surface area (Å²) in [6.07, 6.45) is 2.51. The number of rotatable bonds is 3. The fraction of sp³-hybridized carbons (Fsp3) is 0.455. The maximum atomic E-state index is 9.10. The molecule has 0 atom stereocenters. The van der Waals surface area contributed by atoms with E-state index in [1.54, 1.807) is 7.11 Å². The Balaban J connectivity index is 2.41. The second-order valence-electron chi connectivity index (χ2n) is 3.47. The molecule has 1 aliphatic carbocycles. The molecule has 1 saturated carbocycles. The summed E-state index contributed by atoms with van der Waals surface area (Å²) in [6.45, 7) is 0.0593. The minimum absolute atomic E-state index is 0.0593. The van der Waals surface area contributed by atoms with Crippen LogP contribution >= 0.6 is 0 Å². The van der Waals surface area contributed by atoms with Crippen molar-refractivity contribution in [3.63, 3.8) is 0 Å². The highest BCUT2D eigenvalue weighted by Crippen LogP contribution is 2.45. The zero-order chi connectivity index (χ0) is 9.26. The Morgan fingerprint density at radius 2 is 2.23 bits per heavy atom. The number of benzene rings is 1. The van der Waals surface area contributed by atoms with Gasteiger partial charge in [0.05, 0.1) is 13.7 Å². The van der Waals surface area contributed by atoms with Crippen LogP contribution in [0, 0.1) is 0 Å². The average molecular weight is 178 g/mol. The van der Waals surface area contributed by atoms with Gasteiger partial charge in [-0.3, -0.25) is 0 Å². The third kappa shape index (κ3) is 1.54. The third-order valence-corrected chi connectivity index (χ3v) is 2.52. The standard InChI is InChI=1S/C11H14O2/c1-13-11-9(7-12)3-2-4-10(11)8-5-6-8/h2-4,8,12H,5-7H2,1H3. The van der Waals surface area contributed by atoms with Crippen molar-refractivity contribution < 1.29 is 9.84 Å². The predicted octanol–water partition coefficient (Wildman–Crippen LogP) is 2.06. The molecule has 70 valence electrons. The second-order valence-corrected chi connectivity index (χ2v) is 3.47. The van der Waals surface area contributed by atoms with Gasteiger partial charge < -0.3 is 9.84 Å². The van der Waals surface area contributed by atoms with E-state index in [0.717, 1.165) is 11.3 Å². The van der Waals surface area contributed by atoms with Crippen LogP contribution in [0.1, 0.15) is 29.9 Å². The summed E-state index contributed by atoms with van der Waals surface area (Å²) in [4.78, 5) is 0. The molecule has 0 aliphatic heterocycles. The lowest BCUT2D eigenvalue weighted by molar-refractivity contribution is 0.273. The van der Waals surface area contributed by atoms with Gasteiger partial charge >= 0.3 is 0 Å². The van der Waals surface area contributed by atoms with Gasteiger partial charge in [0.25, 0.3) is 0 Å². The van der Waals surface area contributed by atoms with Crippen molar-refractivity contribution >= 4 is 0 Å². The number of ether oxygens (including phenoxy) is 1. The van der Waals surface area contributed by atoms with Crippen LogP contribution < -0.4 is 4.74 Å². The molecule has 1 fully saturated rings. The van der Waals surface area contributed by atoms with Gasteiger partial charge in [-0.05, 0) is 24.3 Å². The number of hydrogen-bond acceptors (Lipinski definition) is 2. The van der Waals surface area contributed by atoms with Crippen LogP contribution in [0.25, 0.3) is 0 Å². The summed E-state index contributed by atoms with van der Waals surface area (Å²) in [7, 11) is 1.67. The lowest BCUT2D eigenvalue weighted by Crippen LogP contribution is -1.96. The van der Waals surface area contributed by atoms with Gasteiger partial charge in [-0.2, -0.15) is 0 Å². The number of aliphatic hydroxyl groups is 1. The highest BCUT2D eigenvalue weighted by Gasteiger charge is 2.27. The molecule has 0 radical (unpaired) electrons. The van der Waals surface area contributed by atoms with Gasteiger partial charge in [0.1, 0.15) is 5.75 Å². The van der Waals surface area contributed by atoms with Gasteiger partial charge in [-0.25, -0.2) is 0 Å². The topological polar surface area (TPSA) is 29.5 Å². The molecule has 13 heavy (non-hydrogen) atoms. The molecular weight excluding hydrogens is 164 g/mol. The Morgan fingerprint density at radius 1 is 1.46 bits per heavy atom. The minimum Gasteiger partial charge on any atom is -0.496 e. The number of aliphatic hydroxyl groups excluding tert-OH is 1. The first-order chi connectivity index (χ1) is 6.36. The van der Waals surface area contributed by atoms with Crippen molar-refractivity contribution in [2.24, 2.45) is 0 Å². The molecule has 2 heteroatoms. The maximum Gasteiger partial charge on any atom is 0.127 e. The first kappa shape index (κ1) is 8.57. The van der Waals surface area contributed by atoms with E-state index < -0.39 is 0 Å². The van der Waals surface area contributed by atoms with Crippen LogP contribution in [0.2, 0.25) is 0 Å². The highest BCUT2D eigenvalue weighted by atomic mass is 16.5. The normalized spacial score (nSPS) is 15.8. The van der Waals surface area contributed by atoms with E-state index in [4.69, 9.17) is 9.84 Å². The Labute approximate surface area is 78.2 Å². The van der Waals surface area contributed by atoms with Crippen LogP contribution in [-0.4, -0.2) is 12.2 Å². The van der Waals surface area contributed by atoms with Crippen molar-refractivity contribution in [1.29, 1.82) is 0 Å². The Bertz CT molecular complexity index is 303. The molecule has 1 N–H and O–H groups in total. The molecule has 0 amide bonds. The van der Waals surface area contributed by atoms with E-state index in [9.17, 15) is 0 Å². The smallest absolute Gasteiger partial charge is 0.127 e. The average Bonchev–Trinajstić information content (AvgIpc) is 2.99. The Hall–Kier alpha value is -1.02. The first-order valence-electron chi connectivity index (χ1n) is 4.63. The molecular formula is C11H14O2. The molecule has 1 aromatic carbocycles. The molecule has 1 aliphatic rings. The summed E-state index contributed by atoms with van der Waals surface area (Å²) in [6, 6.07) is 5.99. The van der Waals surface area contributed by atoms with E-state index in [0.29, 0.717) is 5.92 Å². The van der Waals surface area contributed by atoms with E-state index in [1.165, 1.54) is 18.4 Å². The predicted molar refractivity (Wildman–Crippen MR) is 50.9 cm³/mol. The Morgan fingerprint density at radius 3 is 2.77 bits per heavy atom. The Kier molecular flexibility index (Phi) is 2.23. The quantitative estimate of drug-likeness (QED) is 0.767. The van der Waals surface area contributed by atoms with Crippen molar-refractivity contribution in [3.8, 4) is 5.75 Å². The third-order valence-electron chi connectivity index (χ3n) is 2.52. The van der Waals surface area contributed by atoms with E-state index in [1.807, 2.05) is 12.1 Å². The summed E-state index contributed by atoms with van der Waals surface area (Å²) in [5, 5.41) is 9.10. The number of para-hydroxylation sites is 1. The summed E-state index contributed by atoms with van der Waals surface area (Å²) < 4.78 is 5.31. The first-order valence-corrected chi connectivity index (χ1v) is 4.63. The van der Waals surface area contributed by atoms with E-state index in [-0.39, 0.29) is 6.61 Å². The number of methoxy groups -OCH3 is 1. The molecule has 0 bridgehead atoms. The highest BCUT2D eigenvalue weighted by molar-refractivity contribution is 5.44. The van der Waals surface area contributed by atoms with Crippen molar-refractivity contribution in [2.45, 2.75) is 25.4 Å². The van der Waals surface area contributed by atoms with Crippen LogP contribution in [-0.2, 0) is 6.61 Å². The largest absolute Gasteiger partial charge is 0.496 e. The molecule has 2 rings (SSSR count). The second kappa shape index (κ2) is 3.38. The monoisotopic (exact) mass is 178 g/mol. The van der Waals surface area contributed by atoms with Gasteiger partial charge in [-0.1, -0.05) is 18.2 Å². The van der Waals surface area contributed by atoms with Gasteiger partial charge in [0, 0.05) is 5.56 Å². The van der Waals surface area contributed by atoms with Crippen LogP contribution in [0.5, 0.6) is 5.75 Å². The lowest BCUT2D eigenvalue weighted by atomic mass is 10.1. The summed E-state index contributed by atoms with van der Waals surface area (Å²) in [5.74, 6) is 1.55. The fourth-order valence-electron chi connectivity index (χ4n) is 1.69. The van der Waals surface area contributed by atoms with Crippen LogP contribution in [0.3, 0.4) is 0 Å². The summed E-state index contributed by atoms with van der Waals surface area (Å²) >= 11 is 0. The van der Waals surface area contributed by atoms with Crippen molar-refractivity contribution in [2.75, 3.05) is 7.11 Å². The van der Waals surface area contributed by atoms with Gasteiger partial charge in [0.15, 0.2) is 0 Å². The summed E-state index contributed by atoms with van der Waals surface area (Å²) in [5.41, 5.74) is 2.15. The van der Waals surface area contributed by atoms with Crippen LogP contribution in [0.4, 0.5) is 0 Å². The molecule has 1 aromatic rings. The lowest BCUT2D eigenvalue weighted by Gasteiger charge is -2.10. The molecule has 0 aromatic heterocycles. The van der Waals surface area contributed by atoms with Crippen molar-refractivity contribution in [1.82, 2.24) is 0 Å². The molecule has 0 saturated heterocycles. The minimum atomic E-state index is 0.0593. The van der Waals surface area contributed by atoms with Gasteiger partial charge in [0.2, 0.25) is 0 Å².